The van der Waals surface area contributed by atoms with Crippen LogP contribution in [0.1, 0.15) is 36.6 Å². The maximum atomic E-state index is 10.2. The molecule has 0 amide bonds. The van der Waals surface area contributed by atoms with E-state index in [-0.39, 0.29) is 12.2 Å². The Balaban J connectivity index is 2.00. The summed E-state index contributed by atoms with van der Waals surface area (Å²) < 4.78 is 0. The molecule has 2 aromatic carbocycles. The number of benzene rings is 2. The quantitative estimate of drug-likeness (QED) is 0.816. The van der Waals surface area contributed by atoms with Crippen LogP contribution in [0.4, 0.5) is 0 Å². The first-order valence-corrected chi connectivity index (χ1v) is 8.23. The molecule has 0 fully saturated rings. The lowest BCUT2D eigenvalue weighted by Crippen LogP contribution is -2.96. The molecule has 1 aliphatic heterocycles. The summed E-state index contributed by atoms with van der Waals surface area (Å²) in [4.78, 5) is 0. The standard InChI is InChI=1S/C20H24N2O/c1-13(2)20-21-17(15-10-8-14(3)9-11-15)12-18(22-20)16-6-4-5-7-19(16)23/h4-13,18,20-23H,1-3H3/p+1. The topological polar surface area (TPSA) is 48.9 Å². The Morgan fingerprint density at radius 2 is 1.74 bits per heavy atom. The third-order valence-corrected chi connectivity index (χ3v) is 4.46. The number of hydrogen-bond acceptors (Lipinski definition) is 2. The average molecular weight is 309 g/mol. The molecule has 3 nitrogen and oxygen atoms in total. The van der Waals surface area contributed by atoms with E-state index in [1.54, 1.807) is 6.07 Å². The first-order valence-electron chi connectivity index (χ1n) is 8.23. The molecule has 4 N–H and O–H groups in total. The lowest BCUT2D eigenvalue weighted by Gasteiger charge is -2.32. The van der Waals surface area contributed by atoms with E-state index >= 15 is 0 Å². The summed E-state index contributed by atoms with van der Waals surface area (Å²) in [6.07, 6.45) is 2.49. The van der Waals surface area contributed by atoms with Crippen LogP contribution in [0.5, 0.6) is 5.75 Å². The summed E-state index contributed by atoms with van der Waals surface area (Å²) in [6.45, 7) is 6.53. The van der Waals surface area contributed by atoms with Gasteiger partial charge in [-0.05, 0) is 24.6 Å². The van der Waals surface area contributed by atoms with E-state index in [0.717, 1.165) is 11.3 Å². The molecule has 23 heavy (non-hydrogen) atoms. The van der Waals surface area contributed by atoms with Gasteiger partial charge in [0.1, 0.15) is 11.8 Å². The molecular formula is C20H25N2O+. The maximum Gasteiger partial charge on any atom is 0.162 e. The first kappa shape index (κ1) is 15.6. The van der Waals surface area contributed by atoms with E-state index < -0.39 is 0 Å². The number of para-hydroxylation sites is 1. The number of nitrogens with one attached hydrogen (secondary N) is 1. The number of phenolic OH excluding ortho intramolecular Hbond substituents is 1. The molecule has 2 aromatic rings. The molecule has 1 aliphatic rings. The van der Waals surface area contributed by atoms with Gasteiger partial charge in [0.25, 0.3) is 0 Å². The molecule has 0 spiro atoms. The Labute approximate surface area is 138 Å². The van der Waals surface area contributed by atoms with Gasteiger partial charge in [-0.3, -0.25) is 0 Å². The molecule has 2 unspecified atom stereocenters. The summed E-state index contributed by atoms with van der Waals surface area (Å²) in [7, 11) is 0. The number of quaternary nitrogens is 1. The molecule has 0 radical (unpaired) electrons. The van der Waals surface area contributed by atoms with Crippen molar-refractivity contribution >= 4 is 5.70 Å². The lowest BCUT2D eigenvalue weighted by atomic mass is 9.97. The number of aromatic hydroxyl groups is 1. The molecule has 0 saturated heterocycles. The van der Waals surface area contributed by atoms with Crippen molar-refractivity contribution in [3.05, 3.63) is 71.3 Å². The molecule has 120 valence electrons. The summed E-state index contributed by atoms with van der Waals surface area (Å²) in [6, 6.07) is 16.3. The zero-order valence-corrected chi connectivity index (χ0v) is 14.0. The number of aryl methyl sites for hydroxylation is 1. The van der Waals surface area contributed by atoms with Crippen molar-refractivity contribution in [1.82, 2.24) is 5.32 Å². The molecule has 3 heteroatoms. The second kappa shape index (κ2) is 6.47. The largest absolute Gasteiger partial charge is 0.507 e. The fraction of sp³-hybridized carbons (Fsp3) is 0.300. The van der Waals surface area contributed by atoms with Gasteiger partial charge in [0, 0.05) is 17.7 Å². The number of nitrogens with two attached hydrogens (primary N) is 1. The van der Waals surface area contributed by atoms with Gasteiger partial charge in [-0.1, -0.05) is 55.8 Å². The molecule has 0 aliphatic carbocycles. The number of phenols is 1. The Morgan fingerprint density at radius 3 is 2.39 bits per heavy atom. The fourth-order valence-electron chi connectivity index (χ4n) is 3.00. The summed E-state index contributed by atoms with van der Waals surface area (Å²) in [5.74, 6) is 0.843. The Hall–Kier alpha value is -2.26. The van der Waals surface area contributed by atoms with E-state index in [4.69, 9.17) is 0 Å². The first-order chi connectivity index (χ1) is 11.0. The van der Waals surface area contributed by atoms with Gasteiger partial charge in [-0.25, -0.2) is 0 Å². The monoisotopic (exact) mass is 309 g/mol. The summed E-state index contributed by atoms with van der Waals surface area (Å²) in [5, 5.41) is 16.1. The second-order valence-electron chi connectivity index (χ2n) is 6.64. The van der Waals surface area contributed by atoms with Gasteiger partial charge in [0.15, 0.2) is 6.17 Å². The van der Waals surface area contributed by atoms with Gasteiger partial charge in [0.2, 0.25) is 0 Å². The highest BCUT2D eigenvalue weighted by molar-refractivity contribution is 5.65. The van der Waals surface area contributed by atoms with Gasteiger partial charge >= 0.3 is 0 Å². The Kier molecular flexibility index (Phi) is 4.39. The molecule has 1 heterocycles. The van der Waals surface area contributed by atoms with Crippen molar-refractivity contribution in [2.24, 2.45) is 5.92 Å². The van der Waals surface area contributed by atoms with Crippen molar-refractivity contribution in [3.8, 4) is 5.75 Å². The van der Waals surface area contributed by atoms with Crippen molar-refractivity contribution < 1.29 is 10.4 Å². The zero-order chi connectivity index (χ0) is 16.4. The summed E-state index contributed by atoms with van der Waals surface area (Å²) in [5.41, 5.74) is 4.55. The molecular weight excluding hydrogens is 284 g/mol. The van der Waals surface area contributed by atoms with Crippen LogP contribution < -0.4 is 10.6 Å². The third-order valence-electron chi connectivity index (χ3n) is 4.46. The van der Waals surface area contributed by atoms with Crippen molar-refractivity contribution in [2.75, 3.05) is 0 Å². The minimum Gasteiger partial charge on any atom is -0.507 e. The molecule has 0 aromatic heterocycles. The minimum atomic E-state index is 0.112. The fourth-order valence-corrected chi connectivity index (χ4v) is 3.00. The normalized spacial score (nSPS) is 21.0. The SMILES string of the molecule is Cc1ccc(C2=CC(c3ccccc3O)[NH2+]C(C(C)C)N2)cc1. The Morgan fingerprint density at radius 1 is 1.04 bits per heavy atom. The van der Waals surface area contributed by atoms with Crippen LogP contribution in [0.25, 0.3) is 5.70 Å². The number of rotatable bonds is 3. The third kappa shape index (κ3) is 3.40. The Bertz CT molecular complexity index is 704. The van der Waals surface area contributed by atoms with E-state index in [1.165, 1.54) is 11.1 Å². The lowest BCUT2D eigenvalue weighted by molar-refractivity contribution is -0.729. The molecule has 3 rings (SSSR count). The molecule has 0 bridgehead atoms. The van der Waals surface area contributed by atoms with Crippen LogP contribution in [-0.2, 0) is 0 Å². The highest BCUT2D eigenvalue weighted by atomic mass is 16.3. The highest BCUT2D eigenvalue weighted by Gasteiger charge is 2.29. The minimum absolute atomic E-state index is 0.112. The highest BCUT2D eigenvalue weighted by Crippen LogP contribution is 2.27. The van der Waals surface area contributed by atoms with Crippen LogP contribution in [0, 0.1) is 12.8 Å². The van der Waals surface area contributed by atoms with E-state index in [2.05, 4.69) is 61.7 Å². The maximum absolute atomic E-state index is 10.2. The van der Waals surface area contributed by atoms with Crippen LogP contribution >= 0.6 is 0 Å². The van der Waals surface area contributed by atoms with E-state index in [9.17, 15) is 5.11 Å². The predicted octanol–water partition coefficient (Wildman–Crippen LogP) is 2.93. The van der Waals surface area contributed by atoms with Crippen LogP contribution in [0.15, 0.2) is 54.6 Å². The number of hydrogen-bond donors (Lipinski definition) is 3. The molecule has 0 saturated carbocycles. The second-order valence-corrected chi connectivity index (χ2v) is 6.64. The predicted molar refractivity (Wildman–Crippen MR) is 93.7 cm³/mol. The molecule has 2 atom stereocenters. The summed E-state index contributed by atoms with van der Waals surface area (Å²) >= 11 is 0. The average Bonchev–Trinajstić information content (AvgIpc) is 2.55. The van der Waals surface area contributed by atoms with Gasteiger partial charge in [0.05, 0.1) is 5.56 Å². The van der Waals surface area contributed by atoms with E-state index in [1.807, 2.05) is 18.2 Å². The van der Waals surface area contributed by atoms with Crippen molar-refractivity contribution in [1.29, 1.82) is 0 Å². The van der Waals surface area contributed by atoms with Crippen molar-refractivity contribution in [2.45, 2.75) is 33.0 Å². The van der Waals surface area contributed by atoms with Gasteiger partial charge in [-0.2, -0.15) is 0 Å². The van der Waals surface area contributed by atoms with Gasteiger partial charge < -0.3 is 15.7 Å². The van der Waals surface area contributed by atoms with Crippen LogP contribution in [0.2, 0.25) is 0 Å². The van der Waals surface area contributed by atoms with Crippen LogP contribution in [-0.4, -0.2) is 11.3 Å². The van der Waals surface area contributed by atoms with Crippen LogP contribution in [0.3, 0.4) is 0 Å². The smallest absolute Gasteiger partial charge is 0.162 e. The van der Waals surface area contributed by atoms with E-state index in [0.29, 0.717) is 11.7 Å². The zero-order valence-electron chi connectivity index (χ0n) is 14.0. The van der Waals surface area contributed by atoms with Gasteiger partial charge in [-0.15, -0.1) is 0 Å². The van der Waals surface area contributed by atoms with Crippen molar-refractivity contribution in [3.63, 3.8) is 0 Å².